The molecular weight excluding hydrogens is 482 g/mol. The van der Waals surface area contributed by atoms with Crippen molar-refractivity contribution in [2.75, 3.05) is 25.1 Å². The topological polar surface area (TPSA) is 49.0 Å². The number of hydrogen-bond acceptors (Lipinski definition) is 5. The van der Waals surface area contributed by atoms with Gasteiger partial charge in [-0.25, -0.2) is 0 Å². The van der Waals surface area contributed by atoms with Gasteiger partial charge in [0, 0.05) is 27.8 Å². The summed E-state index contributed by atoms with van der Waals surface area (Å²) in [6.45, 7) is 4.69. The molecule has 0 atom stereocenters. The lowest BCUT2D eigenvalue weighted by Crippen LogP contribution is -2.15. The minimum absolute atomic E-state index is 0.429. The van der Waals surface area contributed by atoms with Gasteiger partial charge in [0.1, 0.15) is 19.8 Å². The Morgan fingerprint density at radius 2 is 1.68 bits per heavy atom. The molecule has 0 aromatic heterocycles. The first kappa shape index (κ1) is 21.7. The van der Waals surface area contributed by atoms with Crippen LogP contribution in [0.2, 0.25) is 5.02 Å². The second-order valence-corrected chi connectivity index (χ2v) is 8.24. The van der Waals surface area contributed by atoms with Gasteiger partial charge in [-0.2, -0.15) is 0 Å². The van der Waals surface area contributed by atoms with Crippen LogP contribution in [0.15, 0.2) is 59.1 Å². The molecule has 0 saturated heterocycles. The monoisotopic (exact) mass is 503 g/mol. The number of anilines is 1. The number of benzene rings is 3. The van der Waals surface area contributed by atoms with Gasteiger partial charge in [-0.05, 0) is 54.4 Å². The Hall–Kier alpha value is -2.57. The van der Waals surface area contributed by atoms with E-state index in [0.717, 1.165) is 32.8 Å². The summed E-state index contributed by atoms with van der Waals surface area (Å²) < 4.78 is 24.0. The third kappa shape index (κ3) is 5.57. The van der Waals surface area contributed by atoms with E-state index in [4.69, 9.17) is 30.5 Å². The van der Waals surface area contributed by atoms with E-state index in [1.165, 1.54) is 0 Å². The van der Waals surface area contributed by atoms with Gasteiger partial charge < -0.3 is 24.3 Å². The van der Waals surface area contributed by atoms with Gasteiger partial charge in [-0.1, -0.05) is 39.7 Å². The Bertz CT molecular complexity index is 1040. The normalized spacial score (nSPS) is 12.4. The van der Waals surface area contributed by atoms with Crippen LogP contribution in [0.4, 0.5) is 5.69 Å². The van der Waals surface area contributed by atoms with Gasteiger partial charge in [-0.3, -0.25) is 0 Å². The summed E-state index contributed by atoms with van der Waals surface area (Å²) in [5, 5.41) is 4.13. The van der Waals surface area contributed by atoms with Gasteiger partial charge in [0.25, 0.3) is 0 Å². The number of rotatable bonds is 8. The maximum absolute atomic E-state index is 6.03. The van der Waals surface area contributed by atoms with Gasteiger partial charge >= 0.3 is 0 Å². The van der Waals surface area contributed by atoms with Crippen LogP contribution in [0.5, 0.6) is 23.0 Å². The molecule has 3 aromatic carbocycles. The summed E-state index contributed by atoms with van der Waals surface area (Å²) in [6.07, 6.45) is 0. The number of halogens is 2. The van der Waals surface area contributed by atoms with Crippen LogP contribution in [0.25, 0.3) is 0 Å². The molecule has 5 nitrogen and oxygen atoms in total. The van der Waals surface area contributed by atoms with E-state index in [1.54, 1.807) is 0 Å². The highest BCUT2D eigenvalue weighted by molar-refractivity contribution is 9.10. The zero-order valence-corrected chi connectivity index (χ0v) is 19.5. The molecule has 1 heterocycles. The van der Waals surface area contributed by atoms with E-state index in [-0.39, 0.29) is 0 Å². The molecule has 0 amide bonds. The first-order chi connectivity index (χ1) is 15.1. The van der Waals surface area contributed by atoms with Crippen molar-refractivity contribution in [2.45, 2.75) is 20.1 Å². The summed E-state index contributed by atoms with van der Waals surface area (Å²) in [5.74, 6) is 2.93. The molecule has 0 aliphatic carbocycles. The number of nitrogens with one attached hydrogen (secondary N) is 1. The standard InChI is InChI=1S/C24H23BrClNO4/c1-2-28-22-11-17(14-27-19-7-8-21-23(12-19)30-10-9-29-21)20(25)13-24(22)31-15-16-3-5-18(26)6-4-16/h3-8,11-13,27H,2,9-10,14-15H2,1H3. The molecule has 1 aliphatic rings. The molecule has 1 N–H and O–H groups in total. The van der Waals surface area contributed by atoms with Gasteiger partial charge in [-0.15, -0.1) is 0 Å². The predicted octanol–water partition coefficient (Wildman–Crippen LogP) is 6.46. The zero-order valence-electron chi connectivity index (χ0n) is 17.1. The van der Waals surface area contributed by atoms with E-state index in [2.05, 4.69) is 21.2 Å². The van der Waals surface area contributed by atoms with Crippen molar-refractivity contribution in [3.63, 3.8) is 0 Å². The fourth-order valence-electron chi connectivity index (χ4n) is 3.19. The molecule has 0 saturated carbocycles. The van der Waals surface area contributed by atoms with Crippen molar-refractivity contribution in [2.24, 2.45) is 0 Å². The summed E-state index contributed by atoms with van der Waals surface area (Å²) in [6, 6.07) is 17.4. The Morgan fingerprint density at radius 3 is 2.45 bits per heavy atom. The van der Waals surface area contributed by atoms with Crippen molar-refractivity contribution < 1.29 is 18.9 Å². The van der Waals surface area contributed by atoms with Gasteiger partial charge in [0.2, 0.25) is 0 Å². The molecule has 0 bridgehead atoms. The average Bonchev–Trinajstić information content (AvgIpc) is 2.79. The molecule has 7 heteroatoms. The highest BCUT2D eigenvalue weighted by atomic mass is 79.9. The van der Waals surface area contributed by atoms with Crippen LogP contribution in [0.3, 0.4) is 0 Å². The van der Waals surface area contributed by atoms with E-state index in [9.17, 15) is 0 Å². The lowest BCUT2D eigenvalue weighted by molar-refractivity contribution is 0.171. The Balaban J connectivity index is 1.46. The Labute approximate surface area is 195 Å². The number of fused-ring (bicyclic) bond motifs is 1. The van der Waals surface area contributed by atoms with Crippen molar-refractivity contribution in [3.8, 4) is 23.0 Å². The first-order valence-electron chi connectivity index (χ1n) is 10.1. The van der Waals surface area contributed by atoms with E-state index >= 15 is 0 Å². The van der Waals surface area contributed by atoms with Crippen molar-refractivity contribution in [3.05, 3.63) is 75.2 Å². The van der Waals surface area contributed by atoms with Crippen LogP contribution < -0.4 is 24.3 Å². The van der Waals surface area contributed by atoms with E-state index in [0.29, 0.717) is 49.5 Å². The van der Waals surface area contributed by atoms with Crippen molar-refractivity contribution in [1.82, 2.24) is 0 Å². The van der Waals surface area contributed by atoms with Crippen LogP contribution in [0.1, 0.15) is 18.1 Å². The van der Waals surface area contributed by atoms with E-state index < -0.39 is 0 Å². The summed E-state index contributed by atoms with van der Waals surface area (Å²) in [5.41, 5.74) is 3.04. The molecule has 0 fully saturated rings. The molecule has 31 heavy (non-hydrogen) atoms. The Kier molecular flexibility index (Phi) is 7.10. The second-order valence-electron chi connectivity index (χ2n) is 6.95. The highest BCUT2D eigenvalue weighted by Gasteiger charge is 2.14. The zero-order chi connectivity index (χ0) is 21.6. The lowest BCUT2D eigenvalue weighted by atomic mass is 10.2. The molecule has 3 aromatic rings. The molecule has 0 unspecified atom stereocenters. The van der Waals surface area contributed by atoms with Crippen LogP contribution in [-0.4, -0.2) is 19.8 Å². The predicted molar refractivity (Wildman–Crippen MR) is 126 cm³/mol. The average molecular weight is 505 g/mol. The summed E-state index contributed by atoms with van der Waals surface area (Å²) >= 11 is 9.62. The third-order valence-corrected chi connectivity index (χ3v) is 5.74. The third-order valence-electron chi connectivity index (χ3n) is 4.75. The molecule has 4 rings (SSSR count). The van der Waals surface area contributed by atoms with E-state index in [1.807, 2.05) is 61.5 Å². The first-order valence-corrected chi connectivity index (χ1v) is 11.3. The maximum Gasteiger partial charge on any atom is 0.163 e. The largest absolute Gasteiger partial charge is 0.490 e. The van der Waals surface area contributed by atoms with Crippen molar-refractivity contribution in [1.29, 1.82) is 0 Å². The molecule has 1 aliphatic heterocycles. The lowest BCUT2D eigenvalue weighted by Gasteiger charge is -2.19. The second kappa shape index (κ2) is 10.2. The van der Waals surface area contributed by atoms with Gasteiger partial charge in [0.05, 0.1) is 6.61 Å². The smallest absolute Gasteiger partial charge is 0.163 e. The molecular formula is C24H23BrClNO4. The summed E-state index contributed by atoms with van der Waals surface area (Å²) in [7, 11) is 0. The van der Waals surface area contributed by atoms with Crippen molar-refractivity contribution >= 4 is 33.2 Å². The number of hydrogen-bond donors (Lipinski definition) is 1. The quantitative estimate of drug-likeness (QED) is 0.381. The Morgan fingerprint density at radius 1 is 0.935 bits per heavy atom. The molecule has 162 valence electrons. The minimum atomic E-state index is 0.429. The number of ether oxygens (including phenoxy) is 4. The molecule has 0 radical (unpaired) electrons. The molecule has 0 spiro atoms. The van der Waals surface area contributed by atoms with Crippen LogP contribution in [-0.2, 0) is 13.2 Å². The van der Waals surface area contributed by atoms with Crippen LogP contribution >= 0.6 is 27.5 Å². The van der Waals surface area contributed by atoms with Crippen LogP contribution in [0, 0.1) is 0 Å². The minimum Gasteiger partial charge on any atom is -0.490 e. The highest BCUT2D eigenvalue weighted by Crippen LogP contribution is 2.36. The summed E-state index contributed by atoms with van der Waals surface area (Å²) in [4.78, 5) is 0. The SMILES string of the molecule is CCOc1cc(CNc2ccc3c(c2)OCCO3)c(Br)cc1OCc1ccc(Cl)cc1. The van der Waals surface area contributed by atoms with Gasteiger partial charge in [0.15, 0.2) is 23.0 Å². The maximum atomic E-state index is 6.03. The fraction of sp³-hybridized carbons (Fsp3) is 0.250. The fourth-order valence-corrected chi connectivity index (χ4v) is 3.77.